The molecule has 0 saturated carbocycles. The SMILES string of the molecule is CCc1cnc(N2CCN(C(=O)c3ccc(N4C(=O)N(C)C(O)C4(C)C)cc3F)CC2)c(C)c1. The monoisotopic (exact) mass is 469 g/mol. The molecular formula is C25H32FN5O3. The van der Waals surface area contributed by atoms with Gasteiger partial charge in [-0.3, -0.25) is 14.6 Å². The molecule has 3 heterocycles. The van der Waals surface area contributed by atoms with Gasteiger partial charge in [0.05, 0.1) is 11.1 Å². The fourth-order valence-corrected chi connectivity index (χ4v) is 4.80. The van der Waals surface area contributed by atoms with Gasteiger partial charge in [0.2, 0.25) is 0 Å². The Balaban J connectivity index is 1.47. The van der Waals surface area contributed by atoms with E-state index in [2.05, 4.69) is 22.9 Å². The van der Waals surface area contributed by atoms with Crippen molar-refractivity contribution >= 4 is 23.4 Å². The van der Waals surface area contributed by atoms with Crippen LogP contribution in [0.15, 0.2) is 30.5 Å². The third-order valence-corrected chi connectivity index (χ3v) is 6.89. The normalized spacial score (nSPS) is 20.3. The summed E-state index contributed by atoms with van der Waals surface area (Å²) in [5.74, 6) is -0.144. The van der Waals surface area contributed by atoms with Crippen molar-refractivity contribution in [1.29, 1.82) is 0 Å². The highest BCUT2D eigenvalue weighted by atomic mass is 19.1. The molecule has 0 radical (unpaired) electrons. The first-order valence-electron chi connectivity index (χ1n) is 11.6. The maximum atomic E-state index is 15.1. The number of anilines is 2. The lowest BCUT2D eigenvalue weighted by atomic mass is 10.0. The Hall–Kier alpha value is -3.20. The quantitative estimate of drug-likeness (QED) is 0.745. The van der Waals surface area contributed by atoms with Crippen molar-refractivity contribution in [3.05, 3.63) is 53.0 Å². The maximum absolute atomic E-state index is 15.1. The second-order valence-electron chi connectivity index (χ2n) is 9.54. The molecule has 2 aromatic rings. The van der Waals surface area contributed by atoms with Crippen LogP contribution in [0.5, 0.6) is 0 Å². The van der Waals surface area contributed by atoms with Crippen molar-refractivity contribution in [2.24, 2.45) is 0 Å². The molecule has 182 valence electrons. The second-order valence-corrected chi connectivity index (χ2v) is 9.54. The number of halogens is 1. The van der Waals surface area contributed by atoms with E-state index in [4.69, 9.17) is 0 Å². The number of aromatic nitrogens is 1. The van der Waals surface area contributed by atoms with Crippen LogP contribution >= 0.6 is 0 Å². The molecule has 8 nitrogen and oxygen atoms in total. The molecular weight excluding hydrogens is 437 g/mol. The first kappa shape index (κ1) is 23.9. The lowest BCUT2D eigenvalue weighted by Gasteiger charge is -2.36. The number of aliphatic hydroxyl groups is 1. The minimum atomic E-state index is -1.03. The Labute approximate surface area is 199 Å². The topological polar surface area (TPSA) is 80.2 Å². The molecule has 4 rings (SSSR count). The van der Waals surface area contributed by atoms with Crippen molar-refractivity contribution in [2.45, 2.75) is 45.9 Å². The average molecular weight is 470 g/mol. The molecule has 3 amide bonds. The standard InChI is InChI=1S/C25H32FN5O3/c1-6-17-13-16(2)21(27-15-17)29-9-11-30(12-10-29)22(32)19-8-7-18(14-20(19)26)31-24(34)28(5)23(33)25(31,3)4/h7-8,13-15,23,33H,6,9-12H2,1-5H3. The summed E-state index contributed by atoms with van der Waals surface area (Å²) in [4.78, 5) is 36.6. The fraction of sp³-hybridized carbons (Fsp3) is 0.480. The number of benzene rings is 1. The Bertz CT molecular complexity index is 1110. The molecule has 1 aromatic carbocycles. The highest BCUT2D eigenvalue weighted by molar-refractivity contribution is 5.98. The van der Waals surface area contributed by atoms with Crippen molar-refractivity contribution in [2.75, 3.05) is 43.0 Å². The number of rotatable bonds is 4. The number of nitrogens with zero attached hydrogens (tertiary/aromatic N) is 5. The largest absolute Gasteiger partial charge is 0.371 e. The predicted molar refractivity (Wildman–Crippen MR) is 129 cm³/mol. The number of hydrogen-bond donors (Lipinski definition) is 1. The summed E-state index contributed by atoms with van der Waals surface area (Å²) >= 11 is 0. The number of aryl methyl sites for hydroxylation is 2. The number of aliphatic hydroxyl groups excluding tert-OH is 1. The van der Waals surface area contributed by atoms with Crippen LogP contribution in [0.2, 0.25) is 0 Å². The Morgan fingerprint density at radius 1 is 1.21 bits per heavy atom. The van der Waals surface area contributed by atoms with Crippen LogP contribution in [0.3, 0.4) is 0 Å². The van der Waals surface area contributed by atoms with Gasteiger partial charge >= 0.3 is 6.03 Å². The lowest BCUT2D eigenvalue weighted by Crippen LogP contribution is -2.49. The van der Waals surface area contributed by atoms with E-state index in [-0.39, 0.29) is 11.5 Å². The molecule has 2 aliphatic heterocycles. The average Bonchev–Trinajstić information content (AvgIpc) is 2.97. The number of amides is 3. The second kappa shape index (κ2) is 8.87. The predicted octanol–water partition coefficient (Wildman–Crippen LogP) is 3.02. The van der Waals surface area contributed by atoms with E-state index in [1.54, 1.807) is 24.8 Å². The molecule has 2 fully saturated rings. The number of carbonyl (C=O) groups is 2. The van der Waals surface area contributed by atoms with Gasteiger partial charge in [-0.1, -0.05) is 13.0 Å². The zero-order valence-electron chi connectivity index (χ0n) is 20.4. The van der Waals surface area contributed by atoms with Crippen molar-refractivity contribution in [1.82, 2.24) is 14.8 Å². The molecule has 0 aliphatic carbocycles. The van der Waals surface area contributed by atoms with Crippen molar-refractivity contribution in [3.63, 3.8) is 0 Å². The van der Waals surface area contributed by atoms with Crippen LogP contribution in [-0.2, 0) is 6.42 Å². The first-order valence-corrected chi connectivity index (χ1v) is 11.6. The smallest absolute Gasteiger partial charge is 0.327 e. The zero-order valence-corrected chi connectivity index (χ0v) is 20.4. The van der Waals surface area contributed by atoms with Crippen LogP contribution < -0.4 is 9.80 Å². The van der Waals surface area contributed by atoms with Crippen LogP contribution in [0, 0.1) is 12.7 Å². The summed E-state index contributed by atoms with van der Waals surface area (Å²) in [5.41, 5.74) is 1.62. The van der Waals surface area contributed by atoms with Gasteiger partial charge in [0, 0.05) is 45.1 Å². The first-order chi connectivity index (χ1) is 16.1. The van der Waals surface area contributed by atoms with Gasteiger partial charge in [-0.25, -0.2) is 14.2 Å². The highest BCUT2D eigenvalue weighted by Crippen LogP contribution is 2.35. The number of likely N-dealkylation sites (N-methyl/N-ethyl adjacent to an activating group) is 1. The molecule has 2 aliphatic rings. The molecule has 9 heteroatoms. The minimum absolute atomic E-state index is 0.0304. The van der Waals surface area contributed by atoms with Gasteiger partial charge in [-0.05, 0) is 56.5 Å². The van der Waals surface area contributed by atoms with Crippen LogP contribution in [0.1, 0.15) is 42.3 Å². The van der Waals surface area contributed by atoms with Gasteiger partial charge in [0.1, 0.15) is 11.6 Å². The maximum Gasteiger partial charge on any atom is 0.327 e. The number of piperazine rings is 1. The van der Waals surface area contributed by atoms with Crippen LogP contribution in [-0.4, -0.2) is 76.8 Å². The summed E-state index contributed by atoms with van der Waals surface area (Å²) in [5, 5.41) is 10.4. The van der Waals surface area contributed by atoms with Gasteiger partial charge in [-0.2, -0.15) is 0 Å². The number of pyridine rings is 1. The Kier molecular flexibility index (Phi) is 6.24. The zero-order chi connectivity index (χ0) is 24.8. The van der Waals surface area contributed by atoms with Gasteiger partial charge in [-0.15, -0.1) is 0 Å². The molecule has 1 unspecified atom stereocenters. The van der Waals surface area contributed by atoms with Gasteiger partial charge < -0.3 is 14.9 Å². The van der Waals surface area contributed by atoms with Crippen LogP contribution in [0.25, 0.3) is 0 Å². The van der Waals surface area contributed by atoms with E-state index >= 15 is 4.39 Å². The third kappa shape index (κ3) is 3.98. The van der Waals surface area contributed by atoms with E-state index in [1.807, 2.05) is 13.1 Å². The van der Waals surface area contributed by atoms with Gasteiger partial charge in [0.25, 0.3) is 5.91 Å². The highest BCUT2D eigenvalue weighted by Gasteiger charge is 2.50. The van der Waals surface area contributed by atoms with E-state index < -0.39 is 23.6 Å². The Morgan fingerprint density at radius 2 is 1.88 bits per heavy atom. The summed E-state index contributed by atoms with van der Waals surface area (Å²) in [6.07, 6.45) is 1.79. The van der Waals surface area contributed by atoms with Crippen molar-refractivity contribution < 1.29 is 19.1 Å². The molecule has 0 spiro atoms. The summed E-state index contributed by atoms with van der Waals surface area (Å²) in [6, 6.07) is 5.88. The van der Waals surface area contributed by atoms with Crippen LogP contribution in [0.4, 0.5) is 20.7 Å². The molecule has 0 bridgehead atoms. The van der Waals surface area contributed by atoms with E-state index in [0.29, 0.717) is 31.9 Å². The summed E-state index contributed by atoms with van der Waals surface area (Å²) in [7, 11) is 1.50. The van der Waals surface area contributed by atoms with Crippen molar-refractivity contribution in [3.8, 4) is 0 Å². The summed E-state index contributed by atoms with van der Waals surface area (Å²) < 4.78 is 15.1. The molecule has 1 aromatic heterocycles. The molecule has 1 N–H and O–H groups in total. The molecule has 34 heavy (non-hydrogen) atoms. The lowest BCUT2D eigenvalue weighted by molar-refractivity contribution is 0.0314. The number of carbonyl (C=O) groups excluding carboxylic acids is 2. The van der Waals surface area contributed by atoms with E-state index in [1.165, 1.54) is 34.5 Å². The van der Waals surface area contributed by atoms with Gasteiger partial charge in [0.15, 0.2) is 6.23 Å². The third-order valence-electron chi connectivity index (χ3n) is 6.89. The minimum Gasteiger partial charge on any atom is -0.371 e. The summed E-state index contributed by atoms with van der Waals surface area (Å²) in [6.45, 7) is 9.72. The molecule has 1 atom stereocenters. The number of urea groups is 1. The van der Waals surface area contributed by atoms with E-state index in [9.17, 15) is 14.7 Å². The Morgan fingerprint density at radius 3 is 2.41 bits per heavy atom. The fourth-order valence-electron chi connectivity index (χ4n) is 4.80. The molecule has 2 saturated heterocycles. The van der Waals surface area contributed by atoms with E-state index in [0.717, 1.165) is 17.8 Å². The number of hydrogen-bond acceptors (Lipinski definition) is 5.